The minimum Gasteiger partial charge on any atom is -0.493 e. The summed E-state index contributed by atoms with van der Waals surface area (Å²) in [6.45, 7) is 2.21. The van der Waals surface area contributed by atoms with Gasteiger partial charge in [-0.1, -0.05) is 12.1 Å². The lowest BCUT2D eigenvalue weighted by Crippen LogP contribution is -2.37. The smallest absolute Gasteiger partial charge is 0.291 e. The van der Waals surface area contributed by atoms with Crippen molar-refractivity contribution in [1.29, 1.82) is 0 Å². The van der Waals surface area contributed by atoms with Gasteiger partial charge in [-0.25, -0.2) is 0 Å². The van der Waals surface area contributed by atoms with Crippen LogP contribution in [0.3, 0.4) is 0 Å². The highest BCUT2D eigenvalue weighted by Gasteiger charge is 2.43. The Labute approximate surface area is 204 Å². The molecular weight excluding hydrogens is 472 g/mol. The maximum Gasteiger partial charge on any atom is 0.291 e. The van der Waals surface area contributed by atoms with Crippen LogP contribution in [0.15, 0.2) is 59.2 Å². The zero-order valence-corrected chi connectivity index (χ0v) is 20.2. The van der Waals surface area contributed by atoms with Crippen molar-refractivity contribution in [2.24, 2.45) is 0 Å². The number of ether oxygens (including phenoxy) is 2. The number of carbonyl (C=O) groups excluding carboxylic acids is 3. The molecule has 0 spiro atoms. The lowest BCUT2D eigenvalue weighted by atomic mass is 10.1. The van der Waals surface area contributed by atoms with Gasteiger partial charge in [0.1, 0.15) is 0 Å². The van der Waals surface area contributed by atoms with Crippen LogP contribution in [0, 0.1) is 0 Å². The third-order valence-electron chi connectivity index (χ3n) is 5.52. The number of carbonyl (C=O) groups is 3. The predicted octanol–water partition coefficient (Wildman–Crippen LogP) is 3.66. The first kappa shape index (κ1) is 24.2. The summed E-state index contributed by atoms with van der Waals surface area (Å²) in [4.78, 5) is 40.6. The van der Waals surface area contributed by atoms with Gasteiger partial charge in [-0.15, -0.1) is 0 Å². The van der Waals surface area contributed by atoms with E-state index in [1.54, 1.807) is 36.4 Å². The van der Waals surface area contributed by atoms with Gasteiger partial charge in [0.05, 0.1) is 42.8 Å². The van der Waals surface area contributed by atoms with Gasteiger partial charge >= 0.3 is 0 Å². The standard InChI is InChI=1S/C25H24N2O7S/c1-4-33-21-13-15(10-11-19(21)32-2)18(14-35(3)31)27-24(29)16-7-5-8-17(22(16)25(27)30)26-23(28)20-9-6-12-34-20/h5-13,18H,4,14H2,1-3H3,(H,26,28). The Bertz CT molecular complexity index is 1300. The molecule has 0 saturated carbocycles. The van der Waals surface area contributed by atoms with Crippen molar-refractivity contribution < 1.29 is 32.5 Å². The second-order valence-electron chi connectivity index (χ2n) is 7.74. The van der Waals surface area contributed by atoms with Gasteiger partial charge in [-0.3, -0.25) is 23.5 Å². The van der Waals surface area contributed by atoms with E-state index in [1.165, 1.54) is 31.8 Å². The highest BCUT2D eigenvalue weighted by molar-refractivity contribution is 7.84. The van der Waals surface area contributed by atoms with E-state index in [1.807, 2.05) is 6.92 Å². The fraction of sp³-hybridized carbons (Fsp3) is 0.240. The predicted molar refractivity (Wildman–Crippen MR) is 129 cm³/mol. The summed E-state index contributed by atoms with van der Waals surface area (Å²) in [5.41, 5.74) is 0.978. The van der Waals surface area contributed by atoms with Crippen LogP contribution in [0.2, 0.25) is 0 Å². The van der Waals surface area contributed by atoms with Gasteiger partial charge in [-0.2, -0.15) is 0 Å². The summed E-state index contributed by atoms with van der Waals surface area (Å²) >= 11 is 0. The van der Waals surface area contributed by atoms with Gasteiger partial charge in [0, 0.05) is 22.8 Å². The molecule has 3 aromatic rings. The molecule has 182 valence electrons. The number of hydrogen-bond donors (Lipinski definition) is 1. The van der Waals surface area contributed by atoms with E-state index in [0.717, 1.165) is 4.90 Å². The number of hydrogen-bond acceptors (Lipinski definition) is 7. The van der Waals surface area contributed by atoms with Gasteiger partial charge in [-0.05, 0) is 48.9 Å². The van der Waals surface area contributed by atoms with Crippen LogP contribution >= 0.6 is 0 Å². The monoisotopic (exact) mass is 496 g/mol. The summed E-state index contributed by atoms with van der Waals surface area (Å²) in [5.74, 6) is -0.646. The number of nitrogens with one attached hydrogen (secondary N) is 1. The van der Waals surface area contributed by atoms with Gasteiger partial charge in [0.2, 0.25) is 0 Å². The maximum absolute atomic E-state index is 13.6. The van der Waals surface area contributed by atoms with Gasteiger partial charge in [0.15, 0.2) is 17.3 Å². The number of methoxy groups -OCH3 is 1. The molecule has 0 saturated heterocycles. The number of furan rings is 1. The van der Waals surface area contributed by atoms with E-state index >= 15 is 0 Å². The van der Waals surface area contributed by atoms with Crippen LogP contribution in [0.25, 0.3) is 0 Å². The normalized spacial score (nSPS) is 14.4. The lowest BCUT2D eigenvalue weighted by Gasteiger charge is -2.26. The largest absolute Gasteiger partial charge is 0.493 e. The molecule has 9 nitrogen and oxygen atoms in total. The molecule has 3 amide bonds. The molecular formula is C25H24N2O7S. The third-order valence-corrected chi connectivity index (χ3v) is 6.30. The van der Waals surface area contributed by atoms with Gasteiger partial charge in [0.25, 0.3) is 17.7 Å². The molecule has 0 aliphatic carbocycles. The molecule has 1 N–H and O–H groups in total. The second kappa shape index (κ2) is 10.1. The van der Waals surface area contributed by atoms with Crippen LogP contribution in [0.1, 0.15) is 49.8 Å². The first-order valence-corrected chi connectivity index (χ1v) is 12.5. The Morgan fingerprint density at radius 3 is 2.57 bits per heavy atom. The molecule has 1 aliphatic heterocycles. The Morgan fingerprint density at radius 2 is 1.91 bits per heavy atom. The fourth-order valence-corrected chi connectivity index (χ4v) is 4.78. The fourth-order valence-electron chi connectivity index (χ4n) is 3.99. The van der Waals surface area contributed by atoms with E-state index in [0.29, 0.717) is 23.7 Å². The van der Waals surface area contributed by atoms with E-state index in [-0.39, 0.29) is 28.3 Å². The number of rotatable bonds is 9. The Balaban J connectivity index is 1.73. The molecule has 2 unspecified atom stereocenters. The first-order valence-electron chi connectivity index (χ1n) is 10.8. The molecule has 0 fully saturated rings. The molecule has 1 aliphatic rings. The minimum absolute atomic E-state index is 0.0252. The molecule has 1 aromatic heterocycles. The topological polar surface area (TPSA) is 115 Å². The van der Waals surface area contributed by atoms with Crippen LogP contribution in [0.5, 0.6) is 11.5 Å². The third kappa shape index (κ3) is 4.69. The van der Waals surface area contributed by atoms with Crippen LogP contribution in [0.4, 0.5) is 5.69 Å². The number of fused-ring (bicyclic) bond motifs is 1. The summed E-state index contributed by atoms with van der Waals surface area (Å²) < 4.78 is 28.4. The number of amides is 3. The SMILES string of the molecule is CCOc1cc(C(CS(C)=O)N2C(=O)c3cccc(NC(=O)c4ccco4)c3C2=O)ccc1OC. The number of benzene rings is 2. The molecule has 2 atom stereocenters. The van der Waals surface area contributed by atoms with E-state index in [9.17, 15) is 18.6 Å². The van der Waals surface area contributed by atoms with Crippen LogP contribution in [-0.4, -0.2) is 52.6 Å². The zero-order chi connectivity index (χ0) is 25.1. The van der Waals surface area contributed by atoms with Crippen molar-refractivity contribution in [2.75, 3.05) is 31.0 Å². The lowest BCUT2D eigenvalue weighted by molar-refractivity contribution is 0.0598. The quantitative estimate of drug-likeness (QED) is 0.450. The molecule has 2 aromatic carbocycles. The average Bonchev–Trinajstić information content (AvgIpc) is 3.46. The second-order valence-corrected chi connectivity index (χ2v) is 9.22. The summed E-state index contributed by atoms with van der Waals surface area (Å²) in [7, 11) is 0.173. The average molecular weight is 497 g/mol. The number of nitrogens with zero attached hydrogens (tertiary/aromatic N) is 1. The summed E-state index contributed by atoms with van der Waals surface area (Å²) in [6, 6.07) is 12.0. The maximum atomic E-state index is 13.6. The molecule has 0 bridgehead atoms. The molecule has 10 heteroatoms. The number of imide groups is 1. The van der Waals surface area contributed by atoms with Crippen molar-refractivity contribution >= 4 is 34.2 Å². The van der Waals surface area contributed by atoms with E-state index < -0.39 is 34.6 Å². The van der Waals surface area contributed by atoms with Crippen molar-refractivity contribution in [3.8, 4) is 11.5 Å². The summed E-state index contributed by atoms with van der Waals surface area (Å²) in [5, 5.41) is 2.65. The van der Waals surface area contributed by atoms with Crippen LogP contribution in [-0.2, 0) is 10.8 Å². The molecule has 2 heterocycles. The minimum atomic E-state index is -1.34. The van der Waals surface area contributed by atoms with E-state index in [4.69, 9.17) is 13.9 Å². The van der Waals surface area contributed by atoms with Crippen LogP contribution < -0.4 is 14.8 Å². The van der Waals surface area contributed by atoms with Crippen molar-refractivity contribution in [3.05, 3.63) is 77.2 Å². The Hall–Kier alpha value is -3.92. The van der Waals surface area contributed by atoms with Crippen molar-refractivity contribution in [1.82, 2.24) is 4.90 Å². The highest BCUT2D eigenvalue weighted by Crippen LogP contribution is 2.38. The first-order chi connectivity index (χ1) is 16.8. The molecule has 4 rings (SSSR count). The Morgan fingerprint density at radius 1 is 1.11 bits per heavy atom. The van der Waals surface area contributed by atoms with Gasteiger partial charge < -0.3 is 19.2 Å². The molecule has 0 radical (unpaired) electrons. The highest BCUT2D eigenvalue weighted by atomic mass is 32.2. The Kier molecular flexibility index (Phi) is 7.02. The molecule has 35 heavy (non-hydrogen) atoms. The van der Waals surface area contributed by atoms with Crippen molar-refractivity contribution in [3.63, 3.8) is 0 Å². The van der Waals surface area contributed by atoms with E-state index in [2.05, 4.69) is 5.32 Å². The number of anilines is 1. The zero-order valence-electron chi connectivity index (χ0n) is 19.4. The van der Waals surface area contributed by atoms with Crippen molar-refractivity contribution in [2.45, 2.75) is 13.0 Å². The summed E-state index contributed by atoms with van der Waals surface area (Å²) in [6.07, 6.45) is 2.87.